The number of aliphatic hydroxyl groups excluding tert-OH is 3. The van der Waals surface area contributed by atoms with E-state index in [1.165, 1.54) is 0 Å². The van der Waals surface area contributed by atoms with Crippen LogP contribution in [0.4, 0.5) is 0 Å². The largest absolute Gasteiger partial charge is 0.422 e. The Balaban J connectivity index is 1.61. The summed E-state index contributed by atoms with van der Waals surface area (Å²) in [5, 5.41) is 52.2. The first-order chi connectivity index (χ1) is 13.3. The fourth-order valence-corrected chi connectivity index (χ4v) is 4.18. The van der Waals surface area contributed by atoms with Crippen molar-refractivity contribution < 1.29 is 39.8 Å². The second kappa shape index (κ2) is 6.80. The highest BCUT2D eigenvalue weighted by Gasteiger charge is 2.66. The third kappa shape index (κ3) is 2.74. The van der Waals surface area contributed by atoms with Gasteiger partial charge in [-0.05, 0) is 25.0 Å². The van der Waals surface area contributed by atoms with Crippen LogP contribution in [-0.2, 0) is 16.1 Å². The van der Waals surface area contributed by atoms with Crippen molar-refractivity contribution >= 4 is 16.9 Å². The molecule has 28 heavy (non-hydrogen) atoms. The average molecular weight is 393 g/mol. The maximum Gasteiger partial charge on any atom is 0.343 e. The summed E-state index contributed by atoms with van der Waals surface area (Å²) >= 11 is 0. The summed E-state index contributed by atoms with van der Waals surface area (Å²) in [6.07, 6.45) is -3.79. The zero-order valence-corrected chi connectivity index (χ0v) is 15.0. The minimum Gasteiger partial charge on any atom is -0.422 e. The fraction of sp³-hybridized carbons (Fsp3) is 0.526. The SMILES string of the molecule is O=C(Oc1c(CO)[nH]c2ccccc12)C1OC(O)(C2(O)CCCC2)C(O)C1O. The van der Waals surface area contributed by atoms with Crippen molar-refractivity contribution in [2.24, 2.45) is 0 Å². The number of benzene rings is 1. The first kappa shape index (κ1) is 19.3. The van der Waals surface area contributed by atoms with Gasteiger partial charge >= 0.3 is 5.97 Å². The maximum absolute atomic E-state index is 12.7. The summed E-state index contributed by atoms with van der Waals surface area (Å²) < 4.78 is 10.7. The Hall–Kier alpha value is -2.01. The van der Waals surface area contributed by atoms with Gasteiger partial charge in [0.15, 0.2) is 11.9 Å². The van der Waals surface area contributed by atoms with Crippen LogP contribution in [-0.4, -0.2) is 66.2 Å². The molecular formula is C19H23NO8. The Labute approximate surface area is 160 Å². The van der Waals surface area contributed by atoms with E-state index in [9.17, 15) is 30.3 Å². The third-order valence-electron chi connectivity index (χ3n) is 5.76. The van der Waals surface area contributed by atoms with Gasteiger partial charge in [0, 0.05) is 10.9 Å². The maximum atomic E-state index is 12.7. The van der Waals surface area contributed by atoms with Crippen molar-refractivity contribution in [2.75, 3.05) is 0 Å². The van der Waals surface area contributed by atoms with E-state index in [-0.39, 0.29) is 24.3 Å². The van der Waals surface area contributed by atoms with Gasteiger partial charge in [0.1, 0.15) is 17.8 Å². The van der Waals surface area contributed by atoms with Crippen molar-refractivity contribution in [3.63, 3.8) is 0 Å². The lowest BCUT2D eigenvalue weighted by molar-refractivity contribution is -0.313. The van der Waals surface area contributed by atoms with Gasteiger partial charge in [-0.2, -0.15) is 0 Å². The summed E-state index contributed by atoms with van der Waals surface area (Å²) in [5.74, 6) is -3.46. The number of carbonyl (C=O) groups is 1. The highest BCUT2D eigenvalue weighted by molar-refractivity contribution is 5.91. The summed E-state index contributed by atoms with van der Waals surface area (Å²) in [6, 6.07) is 6.93. The normalized spacial score (nSPS) is 32.1. The lowest BCUT2D eigenvalue weighted by Gasteiger charge is -2.39. The van der Waals surface area contributed by atoms with Crippen molar-refractivity contribution in [1.29, 1.82) is 0 Å². The standard InChI is InChI=1S/C19H23NO8/c21-9-12-14(10-5-1-2-6-11(10)20-12)27-17(24)15-13(22)16(23)19(26,28-15)18(25)7-3-4-8-18/h1-2,5-6,13,15-16,20-23,25-26H,3-4,7-9H2. The highest BCUT2D eigenvalue weighted by Crippen LogP contribution is 2.46. The number of esters is 1. The molecule has 2 aliphatic rings. The first-order valence-electron chi connectivity index (χ1n) is 9.21. The van der Waals surface area contributed by atoms with Gasteiger partial charge in [0.05, 0.1) is 12.3 Å². The molecule has 1 aromatic carbocycles. The summed E-state index contributed by atoms with van der Waals surface area (Å²) in [7, 11) is 0. The summed E-state index contributed by atoms with van der Waals surface area (Å²) in [4.78, 5) is 15.6. The molecule has 9 heteroatoms. The van der Waals surface area contributed by atoms with E-state index < -0.39 is 42.3 Å². The number of rotatable bonds is 4. The Morgan fingerprint density at radius 3 is 2.57 bits per heavy atom. The average Bonchev–Trinajstić information content (AvgIpc) is 3.35. The number of aromatic nitrogens is 1. The fourth-order valence-electron chi connectivity index (χ4n) is 4.18. The van der Waals surface area contributed by atoms with Crippen LogP contribution in [0.15, 0.2) is 24.3 Å². The molecule has 1 saturated carbocycles. The van der Waals surface area contributed by atoms with Crippen LogP contribution < -0.4 is 4.74 Å². The minimum absolute atomic E-state index is 0.0726. The van der Waals surface area contributed by atoms with Crippen molar-refractivity contribution in [1.82, 2.24) is 4.98 Å². The lowest BCUT2D eigenvalue weighted by atomic mass is 9.86. The Bertz CT molecular complexity index is 889. The van der Waals surface area contributed by atoms with Crippen LogP contribution in [0.5, 0.6) is 5.75 Å². The molecule has 1 aliphatic carbocycles. The molecule has 0 bridgehead atoms. The molecule has 152 valence electrons. The lowest BCUT2D eigenvalue weighted by Crippen LogP contribution is -2.60. The number of nitrogens with one attached hydrogen (secondary N) is 1. The van der Waals surface area contributed by atoms with Crippen LogP contribution in [0.2, 0.25) is 0 Å². The number of aliphatic hydroxyl groups is 5. The number of hydrogen-bond donors (Lipinski definition) is 6. The molecule has 1 saturated heterocycles. The van der Waals surface area contributed by atoms with E-state index in [1.807, 2.05) is 0 Å². The predicted molar refractivity (Wildman–Crippen MR) is 95.1 cm³/mol. The number of H-pyrrole nitrogens is 1. The van der Waals surface area contributed by atoms with Gasteiger partial charge in [0.2, 0.25) is 5.79 Å². The molecule has 0 spiro atoms. The van der Waals surface area contributed by atoms with E-state index >= 15 is 0 Å². The molecule has 0 amide bonds. The van der Waals surface area contributed by atoms with Crippen LogP contribution >= 0.6 is 0 Å². The molecular weight excluding hydrogens is 370 g/mol. The molecule has 4 unspecified atom stereocenters. The molecule has 2 aromatic rings. The van der Waals surface area contributed by atoms with E-state index in [0.29, 0.717) is 23.7 Å². The van der Waals surface area contributed by atoms with Crippen LogP contribution in [0.25, 0.3) is 10.9 Å². The molecule has 4 atom stereocenters. The second-order valence-electron chi connectivity index (χ2n) is 7.47. The monoisotopic (exact) mass is 393 g/mol. The molecule has 4 rings (SSSR count). The zero-order valence-electron chi connectivity index (χ0n) is 15.0. The number of hydrogen-bond acceptors (Lipinski definition) is 8. The second-order valence-corrected chi connectivity index (χ2v) is 7.47. The van der Waals surface area contributed by atoms with Crippen molar-refractivity contribution in [2.45, 2.75) is 62.0 Å². The quantitative estimate of drug-likeness (QED) is 0.387. The third-order valence-corrected chi connectivity index (χ3v) is 5.76. The van der Waals surface area contributed by atoms with Crippen molar-refractivity contribution in [3.05, 3.63) is 30.0 Å². The van der Waals surface area contributed by atoms with E-state index in [0.717, 1.165) is 0 Å². The van der Waals surface area contributed by atoms with Gasteiger partial charge in [-0.1, -0.05) is 25.0 Å². The van der Waals surface area contributed by atoms with E-state index in [1.54, 1.807) is 24.3 Å². The Morgan fingerprint density at radius 1 is 1.21 bits per heavy atom. The van der Waals surface area contributed by atoms with Gasteiger partial charge in [-0.15, -0.1) is 0 Å². The van der Waals surface area contributed by atoms with Gasteiger partial charge in [0.25, 0.3) is 0 Å². The Kier molecular flexibility index (Phi) is 4.69. The number of aromatic amines is 1. The smallest absolute Gasteiger partial charge is 0.343 e. The van der Waals surface area contributed by atoms with Crippen LogP contribution in [0.1, 0.15) is 31.4 Å². The highest BCUT2D eigenvalue weighted by atomic mass is 16.7. The van der Waals surface area contributed by atoms with E-state index in [2.05, 4.69) is 4.98 Å². The van der Waals surface area contributed by atoms with Crippen LogP contribution in [0.3, 0.4) is 0 Å². The van der Waals surface area contributed by atoms with Gasteiger partial charge in [-0.3, -0.25) is 0 Å². The number of ether oxygens (including phenoxy) is 2. The molecule has 2 heterocycles. The molecule has 2 fully saturated rings. The predicted octanol–water partition coefficient (Wildman–Crippen LogP) is -0.320. The topological polar surface area (TPSA) is 152 Å². The number of para-hydroxylation sites is 1. The molecule has 1 aromatic heterocycles. The molecule has 0 radical (unpaired) electrons. The van der Waals surface area contributed by atoms with Gasteiger partial charge in [-0.25, -0.2) is 4.79 Å². The number of fused-ring (bicyclic) bond motifs is 1. The molecule has 6 N–H and O–H groups in total. The van der Waals surface area contributed by atoms with Crippen LogP contribution in [0, 0.1) is 0 Å². The van der Waals surface area contributed by atoms with E-state index in [4.69, 9.17) is 9.47 Å². The molecule has 9 nitrogen and oxygen atoms in total. The van der Waals surface area contributed by atoms with Gasteiger partial charge < -0.3 is 40.0 Å². The van der Waals surface area contributed by atoms with Crippen molar-refractivity contribution in [3.8, 4) is 5.75 Å². The summed E-state index contributed by atoms with van der Waals surface area (Å²) in [6.45, 7) is -0.419. The number of carbonyl (C=O) groups excluding carboxylic acids is 1. The summed E-state index contributed by atoms with van der Waals surface area (Å²) in [5.41, 5.74) is -0.870. The molecule has 1 aliphatic heterocycles. The minimum atomic E-state index is -2.48. The first-order valence-corrected chi connectivity index (χ1v) is 9.21. The Morgan fingerprint density at radius 2 is 1.89 bits per heavy atom. The zero-order chi connectivity index (χ0) is 20.1.